The van der Waals surface area contributed by atoms with Gasteiger partial charge in [-0.1, -0.05) is 59.1 Å². The molecule has 296 valence electrons. The molecule has 2 aliphatic rings. The molecular formula is C44H33Cl3F2N8S2. The van der Waals surface area contributed by atoms with Crippen LogP contribution in [0.3, 0.4) is 0 Å². The minimum Gasteiger partial charge on any atom is -0.382 e. The van der Waals surface area contributed by atoms with Gasteiger partial charge in [0.15, 0.2) is 0 Å². The molecule has 8 nitrogen and oxygen atoms in total. The number of hydrogen-bond acceptors (Lipinski definition) is 10. The van der Waals surface area contributed by atoms with E-state index in [0.29, 0.717) is 42.6 Å². The van der Waals surface area contributed by atoms with Crippen LogP contribution in [0.1, 0.15) is 11.1 Å². The van der Waals surface area contributed by atoms with E-state index in [4.69, 9.17) is 39.8 Å². The first-order valence-corrected chi connectivity index (χ1v) is 21.5. The molecule has 0 aliphatic carbocycles. The van der Waals surface area contributed by atoms with Crippen molar-refractivity contribution in [3.05, 3.63) is 148 Å². The molecule has 2 aliphatic heterocycles. The highest BCUT2D eigenvalue weighted by atomic mass is 35.5. The Kier molecular flexibility index (Phi) is 12.4. The molecule has 59 heavy (non-hydrogen) atoms. The standard InChI is InChI=1S/C22H16ClFN4S.C15H10ClFN2.C7H7ClN2S/c1-13-20(17-6-2-3-8-25-17)27-16-7-4-5-15(24)19(16)21(13)28-9-10-29-22-18(28)11-14(23)12-26-22;1-9-14(16)13-10(17)5-4-7-11(13)19-15(9)12-6-2-3-8-18-12;8-5-3-6-7(10-4-5)11-2-1-9-6/h2-8,11-12H,9-10H2,1H3;2-8H,1H3;3-4,9H,1-2H2. The van der Waals surface area contributed by atoms with Crippen LogP contribution in [-0.4, -0.2) is 54.5 Å². The van der Waals surface area contributed by atoms with Crippen LogP contribution >= 0.6 is 58.3 Å². The van der Waals surface area contributed by atoms with Gasteiger partial charge in [0.05, 0.1) is 76.7 Å². The van der Waals surface area contributed by atoms with Crippen molar-refractivity contribution in [2.24, 2.45) is 0 Å². The zero-order valence-corrected chi connectivity index (χ0v) is 35.5. The maximum absolute atomic E-state index is 15.0. The number of fused-ring (bicyclic) bond motifs is 4. The molecule has 0 atom stereocenters. The van der Waals surface area contributed by atoms with Gasteiger partial charge >= 0.3 is 0 Å². The normalized spacial score (nSPS) is 13.0. The van der Waals surface area contributed by atoms with Gasteiger partial charge in [-0.05, 0) is 80.1 Å². The second-order valence-corrected chi connectivity index (χ2v) is 16.7. The molecule has 10 rings (SSSR count). The predicted octanol–water partition coefficient (Wildman–Crippen LogP) is 12.7. The largest absolute Gasteiger partial charge is 0.382 e. The van der Waals surface area contributed by atoms with Gasteiger partial charge in [-0.25, -0.2) is 28.7 Å². The number of thioether (sulfide) groups is 2. The molecule has 0 fully saturated rings. The third-order valence-electron chi connectivity index (χ3n) is 9.50. The lowest BCUT2D eigenvalue weighted by atomic mass is 10.0. The second-order valence-electron chi connectivity index (χ2n) is 13.3. The fraction of sp³-hybridized carbons (Fsp3) is 0.136. The van der Waals surface area contributed by atoms with Gasteiger partial charge in [-0.3, -0.25) is 9.97 Å². The van der Waals surface area contributed by atoms with Crippen molar-refractivity contribution in [1.29, 1.82) is 0 Å². The maximum atomic E-state index is 15.0. The van der Waals surface area contributed by atoms with Gasteiger partial charge in [-0.2, -0.15) is 0 Å². The molecule has 8 aromatic rings. The second kappa shape index (κ2) is 18.0. The molecule has 0 radical (unpaired) electrons. The van der Waals surface area contributed by atoms with Gasteiger partial charge in [-0.15, -0.1) is 23.5 Å². The van der Waals surface area contributed by atoms with Crippen LogP contribution in [0.5, 0.6) is 0 Å². The minimum absolute atomic E-state index is 0.296. The number of nitrogens with zero attached hydrogens (tertiary/aromatic N) is 7. The lowest BCUT2D eigenvalue weighted by molar-refractivity contribution is 0.639. The average molecular weight is 882 g/mol. The highest BCUT2D eigenvalue weighted by Gasteiger charge is 2.27. The molecule has 0 bridgehead atoms. The summed E-state index contributed by atoms with van der Waals surface area (Å²) in [7, 11) is 0. The SMILES string of the molecule is Cc1c(-c2ccccn2)nc2cccc(F)c2c1Cl.Cc1c(-c2ccccn2)nc2cccc(F)c2c1N1CCSc2ncc(Cl)cc21.Clc1cnc2c(c1)NCCS2. The maximum Gasteiger partial charge on any atom is 0.134 e. The van der Waals surface area contributed by atoms with Crippen molar-refractivity contribution < 1.29 is 8.78 Å². The highest BCUT2D eigenvalue weighted by molar-refractivity contribution is 7.99. The lowest BCUT2D eigenvalue weighted by Crippen LogP contribution is -2.26. The van der Waals surface area contributed by atoms with Crippen molar-refractivity contribution >= 4 is 97.2 Å². The highest BCUT2D eigenvalue weighted by Crippen LogP contribution is 2.45. The Bertz CT molecular complexity index is 2820. The zero-order valence-electron chi connectivity index (χ0n) is 31.6. The molecule has 0 spiro atoms. The van der Waals surface area contributed by atoms with Crippen LogP contribution in [0.25, 0.3) is 44.6 Å². The molecule has 15 heteroatoms. The van der Waals surface area contributed by atoms with Crippen molar-refractivity contribution in [2.75, 3.05) is 34.8 Å². The van der Waals surface area contributed by atoms with Crippen molar-refractivity contribution in [2.45, 2.75) is 23.9 Å². The van der Waals surface area contributed by atoms with E-state index < -0.39 is 0 Å². The molecular weight excluding hydrogens is 849 g/mol. The van der Waals surface area contributed by atoms with Gasteiger partial charge < -0.3 is 10.2 Å². The Morgan fingerprint density at radius 1 is 0.644 bits per heavy atom. The Morgan fingerprint density at radius 3 is 1.90 bits per heavy atom. The zero-order chi connectivity index (χ0) is 41.0. The average Bonchev–Trinajstić information content (AvgIpc) is 3.26. The first kappa shape index (κ1) is 40.7. The van der Waals surface area contributed by atoms with E-state index in [1.807, 2.05) is 68.4 Å². The number of rotatable bonds is 3. The summed E-state index contributed by atoms with van der Waals surface area (Å²) in [5.41, 5.74) is 8.40. The fourth-order valence-electron chi connectivity index (χ4n) is 6.81. The molecule has 0 saturated carbocycles. The molecule has 0 amide bonds. The molecule has 1 N–H and O–H groups in total. The van der Waals surface area contributed by atoms with Gasteiger partial charge in [0.1, 0.15) is 21.7 Å². The number of anilines is 3. The van der Waals surface area contributed by atoms with Crippen LogP contribution in [0, 0.1) is 25.5 Å². The smallest absolute Gasteiger partial charge is 0.134 e. The van der Waals surface area contributed by atoms with Crippen LogP contribution in [0.4, 0.5) is 25.8 Å². The number of nitrogens with one attached hydrogen (secondary N) is 1. The Hall–Kier alpha value is -5.11. The third kappa shape index (κ3) is 8.64. The van der Waals surface area contributed by atoms with Crippen LogP contribution < -0.4 is 10.2 Å². The van der Waals surface area contributed by atoms with Gasteiger partial charge in [0.25, 0.3) is 0 Å². The Balaban J connectivity index is 0.000000137. The Morgan fingerprint density at radius 2 is 1.24 bits per heavy atom. The summed E-state index contributed by atoms with van der Waals surface area (Å²) in [6.45, 7) is 5.51. The summed E-state index contributed by atoms with van der Waals surface area (Å²) >= 11 is 21.7. The summed E-state index contributed by atoms with van der Waals surface area (Å²) in [5, 5.41) is 7.69. The van der Waals surface area contributed by atoms with E-state index in [2.05, 4.69) is 35.1 Å². The number of pyridine rings is 6. The van der Waals surface area contributed by atoms with E-state index >= 15 is 4.39 Å². The number of halogens is 5. The molecule has 2 aromatic carbocycles. The summed E-state index contributed by atoms with van der Waals surface area (Å²) in [6, 6.07) is 24.8. The van der Waals surface area contributed by atoms with Gasteiger partial charge in [0, 0.05) is 54.9 Å². The van der Waals surface area contributed by atoms with Crippen molar-refractivity contribution in [3.63, 3.8) is 0 Å². The number of aromatic nitrogens is 6. The topological polar surface area (TPSA) is 92.6 Å². The predicted molar refractivity (Wildman–Crippen MR) is 240 cm³/mol. The summed E-state index contributed by atoms with van der Waals surface area (Å²) in [5.74, 6) is 1.28. The fourth-order valence-corrected chi connectivity index (χ4v) is 9.12. The first-order chi connectivity index (χ1) is 28.7. The van der Waals surface area contributed by atoms with Crippen molar-refractivity contribution in [3.8, 4) is 22.8 Å². The molecule has 0 unspecified atom stereocenters. The number of hydrogen-bond donors (Lipinski definition) is 1. The van der Waals surface area contributed by atoms with E-state index in [0.717, 1.165) is 79.9 Å². The van der Waals surface area contributed by atoms with E-state index in [9.17, 15) is 4.39 Å². The monoisotopic (exact) mass is 880 g/mol. The first-order valence-electron chi connectivity index (χ1n) is 18.4. The minimum atomic E-state index is -0.356. The van der Waals surface area contributed by atoms with E-state index in [1.165, 1.54) is 12.1 Å². The van der Waals surface area contributed by atoms with Gasteiger partial charge in [0.2, 0.25) is 0 Å². The molecule has 6 aromatic heterocycles. The lowest BCUT2D eigenvalue weighted by Gasteiger charge is -2.33. The third-order valence-corrected chi connectivity index (χ3v) is 12.4. The van der Waals surface area contributed by atoms with E-state index in [1.54, 1.807) is 66.5 Å². The molecule has 8 heterocycles. The summed E-state index contributed by atoms with van der Waals surface area (Å²) < 4.78 is 28.9. The Labute approximate surface area is 362 Å². The van der Waals surface area contributed by atoms with Crippen molar-refractivity contribution in [1.82, 2.24) is 29.9 Å². The van der Waals surface area contributed by atoms with Crippen LogP contribution in [0.15, 0.2) is 120 Å². The number of benzene rings is 2. The van der Waals surface area contributed by atoms with Crippen LogP contribution in [-0.2, 0) is 0 Å². The summed E-state index contributed by atoms with van der Waals surface area (Å²) in [6.07, 6.45) is 6.76. The van der Waals surface area contributed by atoms with E-state index in [-0.39, 0.29) is 11.6 Å². The quantitative estimate of drug-likeness (QED) is 0.185. The summed E-state index contributed by atoms with van der Waals surface area (Å²) in [4.78, 5) is 28.7. The molecule has 0 saturated heterocycles. The van der Waals surface area contributed by atoms with Crippen LogP contribution in [0.2, 0.25) is 15.1 Å².